The van der Waals surface area contributed by atoms with Gasteiger partial charge < -0.3 is 11.1 Å². The normalized spacial score (nSPS) is 15.1. The fourth-order valence-corrected chi connectivity index (χ4v) is 1.89. The van der Waals surface area contributed by atoms with Gasteiger partial charge in [-0.05, 0) is 44.7 Å². The van der Waals surface area contributed by atoms with E-state index in [9.17, 15) is 0 Å². The molecule has 0 aromatic rings. The molecule has 3 N–H and O–H groups in total. The first-order valence-corrected chi connectivity index (χ1v) is 5.84. The predicted molar refractivity (Wildman–Crippen MR) is 64.3 cm³/mol. The molecule has 0 radical (unpaired) electrons. The van der Waals surface area contributed by atoms with Gasteiger partial charge in [0.2, 0.25) is 0 Å². The van der Waals surface area contributed by atoms with Gasteiger partial charge in [-0.25, -0.2) is 0 Å². The number of nitrogens with one attached hydrogen (secondary N) is 1. The molecule has 0 unspecified atom stereocenters. The summed E-state index contributed by atoms with van der Waals surface area (Å²) in [6, 6.07) is 0.608. The van der Waals surface area contributed by atoms with E-state index in [2.05, 4.69) is 25.7 Å². The summed E-state index contributed by atoms with van der Waals surface area (Å²) in [4.78, 5) is 0. The number of hydrogen-bond donors (Lipinski definition) is 2. The van der Waals surface area contributed by atoms with Crippen LogP contribution in [0.15, 0.2) is 12.7 Å². The Labute approximate surface area is 89.0 Å². The summed E-state index contributed by atoms with van der Waals surface area (Å²) in [7, 11) is 0. The zero-order valence-corrected chi connectivity index (χ0v) is 9.76. The van der Waals surface area contributed by atoms with Gasteiger partial charge in [-0.15, -0.1) is 6.58 Å². The minimum Gasteiger partial charge on any atom is -0.330 e. The number of rotatable bonds is 9. The largest absolute Gasteiger partial charge is 0.330 e. The average Bonchev–Trinajstić information content (AvgIpc) is 2.19. The molecule has 0 saturated heterocycles. The van der Waals surface area contributed by atoms with E-state index in [0.29, 0.717) is 12.0 Å². The Bertz CT molecular complexity index is 134. The highest BCUT2D eigenvalue weighted by molar-refractivity contribution is 4.82. The molecule has 0 heterocycles. The van der Waals surface area contributed by atoms with Crippen molar-refractivity contribution in [3.8, 4) is 0 Å². The molecule has 0 rings (SSSR count). The molecule has 84 valence electrons. The topological polar surface area (TPSA) is 38.0 Å². The molecule has 0 aromatic heterocycles. The summed E-state index contributed by atoms with van der Waals surface area (Å²) < 4.78 is 0. The standard InChI is InChI=1S/C12H26N2/c1-4-7-11(8-9-13)12(6-3)14-10-5-2/h4,11-12,14H,1,5-10,13H2,2-3H3/t11-,12-/m0/s1. The van der Waals surface area contributed by atoms with Crippen LogP contribution in [0.1, 0.15) is 39.5 Å². The van der Waals surface area contributed by atoms with Crippen molar-refractivity contribution in [1.29, 1.82) is 0 Å². The molecule has 2 nitrogen and oxygen atoms in total. The van der Waals surface area contributed by atoms with E-state index < -0.39 is 0 Å². The second kappa shape index (κ2) is 9.22. The quantitative estimate of drug-likeness (QED) is 0.558. The summed E-state index contributed by atoms with van der Waals surface area (Å²) in [5.41, 5.74) is 5.62. The number of nitrogens with two attached hydrogens (primary N) is 1. The maximum Gasteiger partial charge on any atom is 0.00961 e. The van der Waals surface area contributed by atoms with Crippen LogP contribution in [0.5, 0.6) is 0 Å². The molecular weight excluding hydrogens is 172 g/mol. The molecule has 0 aliphatic rings. The maximum atomic E-state index is 5.62. The van der Waals surface area contributed by atoms with Gasteiger partial charge in [-0.3, -0.25) is 0 Å². The minimum absolute atomic E-state index is 0.608. The molecule has 0 aromatic carbocycles. The monoisotopic (exact) mass is 198 g/mol. The van der Waals surface area contributed by atoms with Gasteiger partial charge in [-0.1, -0.05) is 19.9 Å². The van der Waals surface area contributed by atoms with Gasteiger partial charge in [0.25, 0.3) is 0 Å². The maximum absolute atomic E-state index is 5.62. The van der Waals surface area contributed by atoms with E-state index in [0.717, 1.165) is 25.9 Å². The van der Waals surface area contributed by atoms with Gasteiger partial charge in [0.1, 0.15) is 0 Å². The molecule has 2 atom stereocenters. The lowest BCUT2D eigenvalue weighted by Gasteiger charge is -2.26. The molecule has 0 fully saturated rings. The molecule has 0 amide bonds. The Balaban J connectivity index is 4.02. The fraction of sp³-hybridized carbons (Fsp3) is 0.833. The van der Waals surface area contributed by atoms with Crippen molar-refractivity contribution in [3.63, 3.8) is 0 Å². The molecule has 0 aliphatic carbocycles. The first kappa shape index (κ1) is 13.7. The summed E-state index contributed by atoms with van der Waals surface area (Å²) >= 11 is 0. The zero-order chi connectivity index (χ0) is 10.8. The second-order valence-electron chi connectivity index (χ2n) is 3.83. The van der Waals surface area contributed by atoms with E-state index in [1.807, 2.05) is 6.08 Å². The SMILES string of the molecule is C=CC[C@@H](CCN)[C@H](CC)NCCC. The summed E-state index contributed by atoms with van der Waals surface area (Å²) in [6.45, 7) is 10.1. The van der Waals surface area contributed by atoms with Crippen molar-refractivity contribution >= 4 is 0 Å². The highest BCUT2D eigenvalue weighted by atomic mass is 14.9. The van der Waals surface area contributed by atoms with Crippen molar-refractivity contribution in [2.24, 2.45) is 11.7 Å². The predicted octanol–water partition coefficient (Wildman–Crippen LogP) is 2.31. The van der Waals surface area contributed by atoms with Gasteiger partial charge in [0, 0.05) is 6.04 Å². The van der Waals surface area contributed by atoms with E-state index in [4.69, 9.17) is 5.73 Å². The second-order valence-corrected chi connectivity index (χ2v) is 3.83. The van der Waals surface area contributed by atoms with Crippen LogP contribution in [0.4, 0.5) is 0 Å². The van der Waals surface area contributed by atoms with Crippen LogP contribution in [0, 0.1) is 5.92 Å². The molecule has 2 heteroatoms. The molecule has 0 spiro atoms. The smallest absolute Gasteiger partial charge is 0.00961 e. The first-order chi connectivity index (χ1) is 6.79. The van der Waals surface area contributed by atoms with Crippen LogP contribution in [-0.4, -0.2) is 19.1 Å². The number of hydrogen-bond acceptors (Lipinski definition) is 2. The Morgan fingerprint density at radius 1 is 1.43 bits per heavy atom. The molecule has 14 heavy (non-hydrogen) atoms. The Hall–Kier alpha value is -0.340. The van der Waals surface area contributed by atoms with E-state index >= 15 is 0 Å². The fourth-order valence-electron chi connectivity index (χ4n) is 1.89. The van der Waals surface area contributed by atoms with Crippen molar-refractivity contribution < 1.29 is 0 Å². The third-order valence-corrected chi connectivity index (χ3v) is 2.67. The van der Waals surface area contributed by atoms with Crippen molar-refractivity contribution in [2.75, 3.05) is 13.1 Å². The van der Waals surface area contributed by atoms with Gasteiger partial charge in [-0.2, -0.15) is 0 Å². The average molecular weight is 198 g/mol. The van der Waals surface area contributed by atoms with Crippen LogP contribution >= 0.6 is 0 Å². The molecular formula is C12H26N2. The lowest BCUT2D eigenvalue weighted by Crippen LogP contribution is -2.37. The van der Waals surface area contributed by atoms with Gasteiger partial charge >= 0.3 is 0 Å². The summed E-state index contributed by atoms with van der Waals surface area (Å²) in [5.74, 6) is 0.661. The Morgan fingerprint density at radius 3 is 2.57 bits per heavy atom. The van der Waals surface area contributed by atoms with E-state index in [-0.39, 0.29) is 0 Å². The highest BCUT2D eigenvalue weighted by Gasteiger charge is 2.16. The van der Waals surface area contributed by atoms with E-state index in [1.54, 1.807) is 0 Å². The van der Waals surface area contributed by atoms with Crippen molar-refractivity contribution in [3.05, 3.63) is 12.7 Å². The summed E-state index contributed by atoms with van der Waals surface area (Å²) in [5, 5.41) is 3.59. The molecule has 0 saturated carbocycles. The lowest BCUT2D eigenvalue weighted by atomic mass is 9.91. The Morgan fingerprint density at radius 2 is 2.14 bits per heavy atom. The molecule has 0 bridgehead atoms. The third kappa shape index (κ3) is 5.40. The Kier molecular flexibility index (Phi) is 9.00. The highest BCUT2D eigenvalue weighted by Crippen LogP contribution is 2.16. The van der Waals surface area contributed by atoms with Crippen LogP contribution in [-0.2, 0) is 0 Å². The van der Waals surface area contributed by atoms with Crippen LogP contribution in [0.3, 0.4) is 0 Å². The number of allylic oxidation sites excluding steroid dienone is 1. The lowest BCUT2D eigenvalue weighted by molar-refractivity contribution is 0.331. The molecule has 0 aliphatic heterocycles. The van der Waals surface area contributed by atoms with Crippen LogP contribution in [0.25, 0.3) is 0 Å². The van der Waals surface area contributed by atoms with Crippen molar-refractivity contribution in [2.45, 2.75) is 45.6 Å². The van der Waals surface area contributed by atoms with Gasteiger partial charge in [0.05, 0.1) is 0 Å². The van der Waals surface area contributed by atoms with Crippen LogP contribution < -0.4 is 11.1 Å². The first-order valence-electron chi connectivity index (χ1n) is 5.84. The summed E-state index contributed by atoms with van der Waals surface area (Å²) in [6.07, 6.45) is 6.56. The van der Waals surface area contributed by atoms with E-state index in [1.165, 1.54) is 12.8 Å². The minimum atomic E-state index is 0.608. The van der Waals surface area contributed by atoms with Crippen LogP contribution in [0.2, 0.25) is 0 Å². The third-order valence-electron chi connectivity index (χ3n) is 2.67. The van der Waals surface area contributed by atoms with Crippen molar-refractivity contribution in [1.82, 2.24) is 5.32 Å². The van der Waals surface area contributed by atoms with Gasteiger partial charge in [0.15, 0.2) is 0 Å². The zero-order valence-electron chi connectivity index (χ0n) is 9.76.